The fourth-order valence-electron chi connectivity index (χ4n) is 0.191. The van der Waals surface area contributed by atoms with Gasteiger partial charge in [-0.25, -0.2) is 0 Å². The summed E-state index contributed by atoms with van der Waals surface area (Å²) < 4.78 is 0. The van der Waals surface area contributed by atoms with Gasteiger partial charge in [-0.1, -0.05) is 0 Å². The normalized spacial score (nSPS) is 8.17. The first-order valence-electron chi connectivity index (χ1n) is 1.99. The van der Waals surface area contributed by atoms with Crippen LogP contribution in [0.2, 0.25) is 0 Å². The molecule has 0 aromatic rings. The summed E-state index contributed by atoms with van der Waals surface area (Å²) in [7, 11) is 1.89. The van der Waals surface area contributed by atoms with E-state index in [9.17, 15) is 0 Å². The van der Waals surface area contributed by atoms with E-state index in [4.69, 9.17) is 0 Å². The summed E-state index contributed by atoms with van der Waals surface area (Å²) in [5, 5.41) is 2.93. The molecule has 0 unspecified atom stereocenters. The summed E-state index contributed by atoms with van der Waals surface area (Å²) in [6.07, 6.45) is 0. The van der Waals surface area contributed by atoms with Gasteiger partial charge in [-0.2, -0.15) is 0 Å². The Balaban J connectivity index is 2.49. The standard InChI is InChI=1S/C4H10N2/c1-5-3-4-6-2/h6H,1,3-4H2,2H3. The fourth-order valence-corrected chi connectivity index (χ4v) is 0.191. The number of nitrogens with zero attached hydrogens (tertiary/aromatic N) is 1. The van der Waals surface area contributed by atoms with Crippen molar-refractivity contribution in [3.05, 3.63) is 0 Å². The van der Waals surface area contributed by atoms with Crippen LogP contribution in [-0.4, -0.2) is 26.9 Å². The predicted molar refractivity (Wildman–Crippen MR) is 28.3 cm³/mol. The molecule has 0 aromatic carbocycles. The summed E-state index contributed by atoms with van der Waals surface area (Å²) in [6, 6.07) is 0. The molecular formula is C4H10N2. The van der Waals surface area contributed by atoms with E-state index in [0.29, 0.717) is 0 Å². The molecule has 0 atom stereocenters. The van der Waals surface area contributed by atoms with Crippen LogP contribution in [0.15, 0.2) is 4.99 Å². The minimum atomic E-state index is 0.816. The summed E-state index contributed by atoms with van der Waals surface area (Å²) in [6.45, 7) is 5.06. The number of rotatable bonds is 3. The smallest absolute Gasteiger partial charge is 0.0506 e. The van der Waals surface area contributed by atoms with Gasteiger partial charge in [0.2, 0.25) is 0 Å². The molecule has 0 amide bonds. The Kier molecular flexibility index (Phi) is 4.34. The third-order valence-corrected chi connectivity index (χ3v) is 0.520. The van der Waals surface area contributed by atoms with E-state index in [1.807, 2.05) is 7.05 Å². The van der Waals surface area contributed by atoms with Gasteiger partial charge in [0.05, 0.1) is 6.54 Å². The van der Waals surface area contributed by atoms with Gasteiger partial charge in [0, 0.05) is 6.54 Å². The largest absolute Gasteiger partial charge is 0.318 e. The summed E-state index contributed by atoms with van der Waals surface area (Å²) in [5.41, 5.74) is 0. The third kappa shape index (κ3) is 3.63. The monoisotopic (exact) mass is 86.1 g/mol. The molecular weight excluding hydrogens is 76.1 g/mol. The van der Waals surface area contributed by atoms with Gasteiger partial charge in [0.1, 0.15) is 0 Å². The zero-order valence-electron chi connectivity index (χ0n) is 4.07. The number of hydrogen-bond donors (Lipinski definition) is 1. The van der Waals surface area contributed by atoms with Crippen LogP contribution in [0.5, 0.6) is 0 Å². The van der Waals surface area contributed by atoms with Crippen molar-refractivity contribution in [2.45, 2.75) is 0 Å². The lowest BCUT2D eigenvalue weighted by Gasteiger charge is -1.86. The second kappa shape index (κ2) is 4.63. The van der Waals surface area contributed by atoms with Gasteiger partial charge in [0.25, 0.3) is 0 Å². The predicted octanol–water partition coefficient (Wildman–Crippen LogP) is -0.0936. The summed E-state index contributed by atoms with van der Waals surface area (Å²) in [4.78, 5) is 3.61. The highest BCUT2D eigenvalue weighted by Gasteiger charge is 1.69. The van der Waals surface area contributed by atoms with Crippen molar-refractivity contribution >= 4 is 6.72 Å². The van der Waals surface area contributed by atoms with E-state index in [-0.39, 0.29) is 0 Å². The second-order valence-corrected chi connectivity index (χ2v) is 1.05. The van der Waals surface area contributed by atoms with E-state index in [0.717, 1.165) is 13.1 Å². The van der Waals surface area contributed by atoms with Crippen molar-refractivity contribution in [2.24, 2.45) is 4.99 Å². The van der Waals surface area contributed by atoms with Crippen molar-refractivity contribution in [1.29, 1.82) is 0 Å². The Morgan fingerprint density at radius 1 is 1.83 bits per heavy atom. The van der Waals surface area contributed by atoms with Gasteiger partial charge >= 0.3 is 0 Å². The molecule has 0 aliphatic heterocycles. The molecule has 0 rings (SSSR count). The lowest BCUT2D eigenvalue weighted by molar-refractivity contribution is 0.805. The van der Waals surface area contributed by atoms with Crippen molar-refractivity contribution < 1.29 is 0 Å². The van der Waals surface area contributed by atoms with Gasteiger partial charge in [0.15, 0.2) is 0 Å². The Morgan fingerprint density at radius 2 is 2.50 bits per heavy atom. The molecule has 0 saturated heterocycles. The lowest BCUT2D eigenvalue weighted by atomic mass is 10.7. The number of aliphatic imine (C=N–C) groups is 1. The maximum atomic E-state index is 3.61. The van der Waals surface area contributed by atoms with Crippen LogP contribution in [-0.2, 0) is 0 Å². The zero-order chi connectivity index (χ0) is 4.83. The molecule has 0 saturated carbocycles. The highest BCUT2D eigenvalue weighted by Crippen LogP contribution is 1.56. The van der Waals surface area contributed by atoms with Gasteiger partial charge in [-0.15, -0.1) is 0 Å². The molecule has 0 bridgehead atoms. The minimum absolute atomic E-state index is 0.816. The molecule has 2 nitrogen and oxygen atoms in total. The fraction of sp³-hybridized carbons (Fsp3) is 0.750. The zero-order valence-corrected chi connectivity index (χ0v) is 4.07. The van der Waals surface area contributed by atoms with E-state index < -0.39 is 0 Å². The third-order valence-electron chi connectivity index (χ3n) is 0.520. The second-order valence-electron chi connectivity index (χ2n) is 1.05. The van der Waals surface area contributed by atoms with E-state index in [1.165, 1.54) is 0 Å². The molecule has 0 aliphatic rings. The van der Waals surface area contributed by atoms with Crippen molar-refractivity contribution in [3.63, 3.8) is 0 Å². The maximum absolute atomic E-state index is 3.61. The topological polar surface area (TPSA) is 24.4 Å². The number of nitrogens with one attached hydrogen (secondary N) is 1. The van der Waals surface area contributed by atoms with E-state index in [1.54, 1.807) is 0 Å². The SMILES string of the molecule is C=NCCNC. The van der Waals surface area contributed by atoms with Crippen molar-refractivity contribution in [1.82, 2.24) is 5.32 Å². The molecule has 0 aromatic heterocycles. The van der Waals surface area contributed by atoms with Crippen molar-refractivity contribution in [3.8, 4) is 0 Å². The molecule has 0 spiro atoms. The molecule has 1 N–H and O–H groups in total. The molecule has 6 heavy (non-hydrogen) atoms. The van der Waals surface area contributed by atoms with Crippen LogP contribution in [0, 0.1) is 0 Å². The highest BCUT2D eigenvalue weighted by atomic mass is 14.8. The highest BCUT2D eigenvalue weighted by molar-refractivity contribution is 5.23. The molecule has 0 fully saturated rings. The van der Waals surface area contributed by atoms with Crippen LogP contribution in [0.4, 0.5) is 0 Å². The van der Waals surface area contributed by atoms with Crippen LogP contribution in [0.3, 0.4) is 0 Å². The van der Waals surface area contributed by atoms with Crippen LogP contribution < -0.4 is 5.32 Å². The first-order chi connectivity index (χ1) is 2.91. The van der Waals surface area contributed by atoms with E-state index >= 15 is 0 Å². The average Bonchev–Trinajstić information content (AvgIpc) is 1.61. The number of hydrogen-bond acceptors (Lipinski definition) is 2. The van der Waals surface area contributed by atoms with Crippen LogP contribution in [0.25, 0.3) is 0 Å². The minimum Gasteiger partial charge on any atom is -0.318 e. The molecule has 2 heteroatoms. The Bertz CT molecular complexity index is 34.5. The quantitative estimate of drug-likeness (QED) is 0.376. The molecule has 0 aliphatic carbocycles. The molecule has 0 heterocycles. The maximum Gasteiger partial charge on any atom is 0.0506 e. The van der Waals surface area contributed by atoms with Crippen molar-refractivity contribution in [2.75, 3.05) is 20.1 Å². The van der Waals surface area contributed by atoms with Gasteiger partial charge < -0.3 is 5.32 Å². The Labute approximate surface area is 38.3 Å². The Morgan fingerprint density at radius 3 is 2.67 bits per heavy atom. The molecule has 36 valence electrons. The Hall–Kier alpha value is -0.370. The lowest BCUT2D eigenvalue weighted by Crippen LogP contribution is -2.09. The first-order valence-corrected chi connectivity index (χ1v) is 1.99. The first kappa shape index (κ1) is 5.63. The van der Waals surface area contributed by atoms with Gasteiger partial charge in [-0.05, 0) is 13.8 Å². The summed E-state index contributed by atoms with van der Waals surface area (Å²) >= 11 is 0. The van der Waals surface area contributed by atoms with E-state index in [2.05, 4.69) is 17.0 Å². The van der Waals surface area contributed by atoms with Gasteiger partial charge in [-0.3, -0.25) is 4.99 Å². The van der Waals surface area contributed by atoms with Crippen LogP contribution >= 0.6 is 0 Å². The number of likely N-dealkylation sites (N-methyl/N-ethyl adjacent to an activating group) is 1. The average molecular weight is 86.1 g/mol. The summed E-state index contributed by atoms with van der Waals surface area (Å²) in [5.74, 6) is 0. The molecule has 0 radical (unpaired) electrons. The van der Waals surface area contributed by atoms with Crippen LogP contribution in [0.1, 0.15) is 0 Å².